The quantitative estimate of drug-likeness (QED) is 0.783. The predicted molar refractivity (Wildman–Crippen MR) is 85.6 cm³/mol. The highest BCUT2D eigenvalue weighted by atomic mass is 32.2. The Labute approximate surface area is 132 Å². The van der Waals surface area contributed by atoms with E-state index in [1.54, 1.807) is 23.1 Å². The molecule has 2 rings (SSSR count). The molecule has 2 aromatic rings. The Morgan fingerprint density at radius 2 is 2.05 bits per heavy atom. The molecule has 2 heterocycles. The first-order valence-corrected chi connectivity index (χ1v) is 8.77. The standard InChI is InChI=1S/C12H21N7S2/c1-5-6-7-19-9(14-17-18-19)8-20-11-16-15-10(21-11)13-12(2,3)4/h5-8H2,1-4H3,(H,13,15). The van der Waals surface area contributed by atoms with Gasteiger partial charge in [-0.15, -0.1) is 15.3 Å². The number of hydrogen-bond donors (Lipinski definition) is 1. The van der Waals surface area contributed by atoms with Gasteiger partial charge in [0.2, 0.25) is 5.13 Å². The number of aryl methyl sites for hydroxylation is 1. The van der Waals surface area contributed by atoms with E-state index in [2.05, 4.69) is 58.7 Å². The van der Waals surface area contributed by atoms with Crippen LogP contribution in [0.5, 0.6) is 0 Å². The van der Waals surface area contributed by atoms with Crippen molar-refractivity contribution in [3.8, 4) is 0 Å². The highest BCUT2D eigenvalue weighted by Crippen LogP contribution is 2.29. The highest BCUT2D eigenvalue weighted by molar-refractivity contribution is 8.00. The van der Waals surface area contributed by atoms with Crippen LogP contribution >= 0.6 is 23.1 Å². The van der Waals surface area contributed by atoms with Crippen molar-refractivity contribution in [2.24, 2.45) is 0 Å². The van der Waals surface area contributed by atoms with Crippen LogP contribution in [0.2, 0.25) is 0 Å². The van der Waals surface area contributed by atoms with Gasteiger partial charge in [-0.2, -0.15) is 0 Å². The highest BCUT2D eigenvalue weighted by Gasteiger charge is 2.14. The molecule has 9 heteroatoms. The normalized spacial score (nSPS) is 11.8. The van der Waals surface area contributed by atoms with Crippen LogP contribution in [0, 0.1) is 0 Å². The molecule has 0 unspecified atom stereocenters. The molecule has 0 fully saturated rings. The molecule has 2 aromatic heterocycles. The van der Waals surface area contributed by atoms with Crippen LogP contribution in [-0.2, 0) is 12.3 Å². The van der Waals surface area contributed by atoms with Gasteiger partial charge < -0.3 is 5.32 Å². The molecule has 0 saturated carbocycles. The molecule has 1 N–H and O–H groups in total. The Hall–Kier alpha value is -1.22. The Morgan fingerprint density at radius 3 is 2.76 bits per heavy atom. The van der Waals surface area contributed by atoms with Gasteiger partial charge in [0.25, 0.3) is 0 Å². The number of nitrogens with zero attached hydrogens (tertiary/aromatic N) is 6. The summed E-state index contributed by atoms with van der Waals surface area (Å²) in [6.45, 7) is 9.32. The first kappa shape index (κ1) is 16.2. The summed E-state index contributed by atoms with van der Waals surface area (Å²) in [5.41, 5.74) is -0.00822. The number of hydrogen-bond acceptors (Lipinski definition) is 8. The molecule has 0 aliphatic heterocycles. The smallest absolute Gasteiger partial charge is 0.206 e. The molecular weight excluding hydrogens is 306 g/mol. The number of anilines is 1. The Bertz CT molecular complexity index is 558. The van der Waals surface area contributed by atoms with Crippen LogP contribution in [-0.4, -0.2) is 35.9 Å². The summed E-state index contributed by atoms with van der Waals surface area (Å²) in [4.78, 5) is 0. The van der Waals surface area contributed by atoms with Crippen LogP contribution in [0.1, 0.15) is 46.4 Å². The SMILES string of the molecule is CCCCn1nnnc1CSc1nnc(NC(C)(C)C)s1. The van der Waals surface area contributed by atoms with Crippen molar-refractivity contribution in [1.29, 1.82) is 0 Å². The summed E-state index contributed by atoms with van der Waals surface area (Å²) in [7, 11) is 0. The number of thioether (sulfide) groups is 1. The number of nitrogens with one attached hydrogen (secondary N) is 1. The number of unbranched alkanes of at least 4 members (excludes halogenated alkanes) is 1. The van der Waals surface area contributed by atoms with Gasteiger partial charge in [0.1, 0.15) is 0 Å². The number of aromatic nitrogens is 6. The van der Waals surface area contributed by atoms with Crippen molar-refractivity contribution in [2.75, 3.05) is 5.32 Å². The maximum Gasteiger partial charge on any atom is 0.206 e. The zero-order chi connectivity index (χ0) is 15.3. The zero-order valence-electron chi connectivity index (χ0n) is 12.8. The third kappa shape index (κ3) is 5.24. The monoisotopic (exact) mass is 327 g/mol. The van der Waals surface area contributed by atoms with Crippen molar-refractivity contribution in [3.05, 3.63) is 5.82 Å². The molecule has 21 heavy (non-hydrogen) atoms. The summed E-state index contributed by atoms with van der Waals surface area (Å²) >= 11 is 3.17. The number of tetrazole rings is 1. The van der Waals surface area contributed by atoms with E-state index in [-0.39, 0.29) is 5.54 Å². The summed E-state index contributed by atoms with van der Waals surface area (Å²) in [5, 5.41) is 24.3. The van der Waals surface area contributed by atoms with E-state index in [1.165, 1.54) is 0 Å². The summed E-state index contributed by atoms with van der Waals surface area (Å²) in [6, 6.07) is 0. The zero-order valence-corrected chi connectivity index (χ0v) is 14.5. The minimum Gasteiger partial charge on any atom is -0.355 e. The van der Waals surface area contributed by atoms with Gasteiger partial charge in [-0.1, -0.05) is 36.4 Å². The minimum absolute atomic E-state index is 0.00822. The average molecular weight is 327 g/mol. The fourth-order valence-electron chi connectivity index (χ4n) is 1.57. The first-order valence-electron chi connectivity index (χ1n) is 6.97. The van der Waals surface area contributed by atoms with E-state index >= 15 is 0 Å². The van der Waals surface area contributed by atoms with Crippen LogP contribution in [0.3, 0.4) is 0 Å². The second-order valence-electron chi connectivity index (χ2n) is 5.71. The maximum absolute atomic E-state index is 4.18. The maximum atomic E-state index is 4.18. The van der Waals surface area contributed by atoms with Crippen molar-refractivity contribution < 1.29 is 0 Å². The Kier molecular flexibility index (Phi) is 5.51. The van der Waals surface area contributed by atoms with E-state index in [9.17, 15) is 0 Å². The molecule has 0 saturated heterocycles. The average Bonchev–Trinajstić information content (AvgIpc) is 3.01. The Morgan fingerprint density at radius 1 is 1.24 bits per heavy atom. The summed E-state index contributed by atoms with van der Waals surface area (Å²) in [5.74, 6) is 1.59. The van der Waals surface area contributed by atoms with Crippen molar-refractivity contribution >= 4 is 28.2 Å². The molecule has 0 aliphatic rings. The lowest BCUT2D eigenvalue weighted by atomic mass is 10.1. The van der Waals surface area contributed by atoms with Gasteiger partial charge in [0.15, 0.2) is 10.2 Å². The third-order valence-electron chi connectivity index (χ3n) is 2.54. The minimum atomic E-state index is -0.00822. The molecule has 0 atom stereocenters. The van der Waals surface area contributed by atoms with E-state index < -0.39 is 0 Å². The lowest BCUT2D eigenvalue weighted by Gasteiger charge is -2.18. The van der Waals surface area contributed by atoms with Gasteiger partial charge in [-0.05, 0) is 37.6 Å². The fourth-order valence-corrected chi connectivity index (χ4v) is 3.47. The van der Waals surface area contributed by atoms with Crippen molar-refractivity contribution in [1.82, 2.24) is 30.4 Å². The predicted octanol–water partition coefficient (Wildman–Crippen LogP) is 2.83. The van der Waals surface area contributed by atoms with E-state index in [4.69, 9.17) is 0 Å². The second kappa shape index (κ2) is 7.17. The van der Waals surface area contributed by atoms with Gasteiger partial charge in [0, 0.05) is 12.1 Å². The van der Waals surface area contributed by atoms with Crippen LogP contribution in [0.4, 0.5) is 5.13 Å². The molecule has 0 aromatic carbocycles. The molecule has 0 aliphatic carbocycles. The van der Waals surface area contributed by atoms with E-state index in [0.717, 1.165) is 34.7 Å². The third-order valence-corrected chi connectivity index (χ3v) is 4.51. The van der Waals surface area contributed by atoms with Gasteiger partial charge in [0.05, 0.1) is 5.75 Å². The molecule has 0 radical (unpaired) electrons. The summed E-state index contributed by atoms with van der Waals surface area (Å²) in [6.07, 6.45) is 2.21. The van der Waals surface area contributed by atoms with Gasteiger partial charge in [-0.3, -0.25) is 0 Å². The van der Waals surface area contributed by atoms with Crippen molar-refractivity contribution in [3.63, 3.8) is 0 Å². The fraction of sp³-hybridized carbons (Fsp3) is 0.750. The number of rotatable bonds is 7. The summed E-state index contributed by atoms with van der Waals surface area (Å²) < 4.78 is 2.79. The van der Waals surface area contributed by atoms with Crippen LogP contribution < -0.4 is 5.32 Å². The molecule has 116 valence electrons. The molecule has 0 spiro atoms. The van der Waals surface area contributed by atoms with Crippen LogP contribution in [0.15, 0.2) is 4.34 Å². The topological polar surface area (TPSA) is 81.4 Å². The van der Waals surface area contributed by atoms with E-state index in [1.807, 2.05) is 4.68 Å². The molecule has 7 nitrogen and oxygen atoms in total. The van der Waals surface area contributed by atoms with Crippen molar-refractivity contribution in [2.45, 2.75) is 62.7 Å². The first-order chi connectivity index (χ1) is 9.98. The van der Waals surface area contributed by atoms with Gasteiger partial charge in [-0.25, -0.2) is 4.68 Å². The molecule has 0 amide bonds. The lowest BCUT2D eigenvalue weighted by molar-refractivity contribution is 0.540. The largest absolute Gasteiger partial charge is 0.355 e. The van der Waals surface area contributed by atoms with Gasteiger partial charge >= 0.3 is 0 Å². The molecular formula is C12H21N7S2. The molecule has 0 bridgehead atoms. The Balaban J connectivity index is 1.90. The van der Waals surface area contributed by atoms with E-state index in [0.29, 0.717) is 5.75 Å². The second-order valence-corrected chi connectivity index (χ2v) is 7.91. The van der Waals surface area contributed by atoms with Crippen LogP contribution in [0.25, 0.3) is 0 Å². The lowest BCUT2D eigenvalue weighted by Crippen LogP contribution is -2.25.